The molecule has 0 aliphatic carbocycles. The number of aromatic nitrogens is 2. The number of benzene rings is 2. The van der Waals surface area contributed by atoms with Crippen molar-refractivity contribution < 1.29 is 14.1 Å². The van der Waals surface area contributed by atoms with Crippen LogP contribution in [0.1, 0.15) is 34.8 Å². The van der Waals surface area contributed by atoms with Gasteiger partial charge in [-0.2, -0.15) is 4.98 Å². The maximum Gasteiger partial charge on any atom is 0.227 e. The first-order chi connectivity index (χ1) is 13.2. The first-order valence-electron chi connectivity index (χ1n) is 8.95. The van der Waals surface area contributed by atoms with E-state index in [-0.39, 0.29) is 5.91 Å². The quantitative estimate of drug-likeness (QED) is 0.629. The van der Waals surface area contributed by atoms with Crippen LogP contribution in [0.25, 0.3) is 0 Å². The third kappa shape index (κ3) is 6.04. The van der Waals surface area contributed by atoms with Crippen molar-refractivity contribution >= 4 is 5.91 Å². The normalized spacial score (nSPS) is 10.7. The molecule has 27 heavy (non-hydrogen) atoms. The van der Waals surface area contributed by atoms with Gasteiger partial charge in [0.1, 0.15) is 0 Å². The van der Waals surface area contributed by atoms with Crippen LogP contribution in [0.15, 0.2) is 59.1 Å². The standard InChI is InChI=1S/C21H23N3O3/c1-16-23-21(27-24-16)12-11-20(25)22-13-18-9-5-6-10-19(18)15-26-14-17-7-3-2-4-8-17/h2-10H,11-15H2,1H3,(H,22,25). The van der Waals surface area contributed by atoms with Gasteiger partial charge in [-0.05, 0) is 23.6 Å². The number of amides is 1. The molecule has 1 heterocycles. The molecule has 140 valence electrons. The highest BCUT2D eigenvalue weighted by Gasteiger charge is 2.08. The Morgan fingerprint density at radius 2 is 1.78 bits per heavy atom. The Labute approximate surface area is 158 Å². The average Bonchev–Trinajstić information content (AvgIpc) is 3.12. The van der Waals surface area contributed by atoms with Gasteiger partial charge in [-0.25, -0.2) is 0 Å². The van der Waals surface area contributed by atoms with Gasteiger partial charge in [0, 0.05) is 19.4 Å². The van der Waals surface area contributed by atoms with Crippen molar-refractivity contribution in [3.05, 3.63) is 83.0 Å². The van der Waals surface area contributed by atoms with Gasteiger partial charge in [0.15, 0.2) is 5.82 Å². The summed E-state index contributed by atoms with van der Waals surface area (Å²) in [6.45, 7) is 3.28. The molecule has 0 radical (unpaired) electrons. The summed E-state index contributed by atoms with van der Waals surface area (Å²) in [6.07, 6.45) is 0.753. The number of ether oxygens (including phenoxy) is 1. The molecule has 6 heteroatoms. The lowest BCUT2D eigenvalue weighted by atomic mass is 10.1. The van der Waals surface area contributed by atoms with E-state index in [0.29, 0.717) is 44.3 Å². The van der Waals surface area contributed by atoms with Gasteiger partial charge in [-0.15, -0.1) is 0 Å². The monoisotopic (exact) mass is 365 g/mol. The summed E-state index contributed by atoms with van der Waals surface area (Å²) in [4.78, 5) is 16.2. The SMILES string of the molecule is Cc1noc(CCC(=O)NCc2ccccc2COCc2ccccc2)n1. The summed E-state index contributed by atoms with van der Waals surface area (Å²) in [5.41, 5.74) is 3.26. The molecule has 2 aromatic carbocycles. The molecule has 6 nitrogen and oxygen atoms in total. The van der Waals surface area contributed by atoms with Gasteiger partial charge in [0.05, 0.1) is 13.2 Å². The number of hydrogen-bond donors (Lipinski definition) is 1. The summed E-state index contributed by atoms with van der Waals surface area (Å²) in [7, 11) is 0. The van der Waals surface area contributed by atoms with Gasteiger partial charge in [-0.1, -0.05) is 59.8 Å². The van der Waals surface area contributed by atoms with E-state index < -0.39 is 0 Å². The molecule has 3 aromatic rings. The predicted molar refractivity (Wildman–Crippen MR) is 101 cm³/mol. The maximum atomic E-state index is 12.1. The largest absolute Gasteiger partial charge is 0.372 e. The van der Waals surface area contributed by atoms with Crippen molar-refractivity contribution in [1.29, 1.82) is 0 Å². The van der Waals surface area contributed by atoms with Crippen molar-refractivity contribution in [2.75, 3.05) is 0 Å². The smallest absolute Gasteiger partial charge is 0.227 e. The van der Waals surface area contributed by atoms with Gasteiger partial charge >= 0.3 is 0 Å². The molecule has 0 spiro atoms. The number of hydrogen-bond acceptors (Lipinski definition) is 5. The van der Waals surface area contributed by atoms with E-state index in [9.17, 15) is 4.79 Å². The summed E-state index contributed by atoms with van der Waals surface area (Å²) in [6, 6.07) is 18.0. The van der Waals surface area contributed by atoms with Crippen molar-refractivity contribution in [3.8, 4) is 0 Å². The summed E-state index contributed by atoms with van der Waals surface area (Å²) in [5, 5.41) is 6.66. The Bertz CT molecular complexity index is 862. The van der Waals surface area contributed by atoms with Crippen LogP contribution in [-0.4, -0.2) is 16.0 Å². The second-order valence-electron chi connectivity index (χ2n) is 6.26. The average molecular weight is 365 g/mol. The molecule has 0 atom stereocenters. The van der Waals surface area contributed by atoms with Crippen LogP contribution in [0.2, 0.25) is 0 Å². The van der Waals surface area contributed by atoms with E-state index >= 15 is 0 Å². The van der Waals surface area contributed by atoms with Crippen molar-refractivity contribution in [3.63, 3.8) is 0 Å². The van der Waals surface area contributed by atoms with Crippen LogP contribution in [-0.2, 0) is 35.7 Å². The molecular weight excluding hydrogens is 342 g/mol. The fourth-order valence-electron chi connectivity index (χ4n) is 2.67. The second-order valence-corrected chi connectivity index (χ2v) is 6.26. The first kappa shape index (κ1) is 18.8. The molecule has 0 unspecified atom stereocenters. The van der Waals surface area contributed by atoms with Gasteiger partial charge in [0.25, 0.3) is 0 Å². The lowest BCUT2D eigenvalue weighted by Gasteiger charge is -2.11. The lowest BCUT2D eigenvalue weighted by molar-refractivity contribution is -0.121. The second kappa shape index (κ2) is 9.64. The Hall–Kier alpha value is -2.99. The van der Waals surface area contributed by atoms with Crippen molar-refractivity contribution in [2.24, 2.45) is 0 Å². The topological polar surface area (TPSA) is 77.2 Å². The molecule has 0 saturated heterocycles. The molecule has 0 bridgehead atoms. The minimum absolute atomic E-state index is 0.0501. The van der Waals surface area contributed by atoms with Crippen LogP contribution >= 0.6 is 0 Å². The molecule has 0 aliphatic heterocycles. The predicted octanol–water partition coefficient (Wildman–Crippen LogP) is 3.34. The highest BCUT2D eigenvalue weighted by Crippen LogP contribution is 2.12. The highest BCUT2D eigenvalue weighted by molar-refractivity contribution is 5.76. The molecule has 1 aromatic heterocycles. The van der Waals surface area contributed by atoms with E-state index in [1.165, 1.54) is 0 Å². The van der Waals surface area contributed by atoms with Crippen molar-refractivity contribution in [2.45, 2.75) is 39.5 Å². The Morgan fingerprint density at radius 3 is 2.52 bits per heavy atom. The zero-order valence-electron chi connectivity index (χ0n) is 15.4. The van der Waals surface area contributed by atoms with E-state index in [1.54, 1.807) is 6.92 Å². The van der Waals surface area contributed by atoms with Crippen LogP contribution < -0.4 is 5.32 Å². The minimum Gasteiger partial charge on any atom is -0.372 e. The summed E-state index contributed by atoms with van der Waals surface area (Å²) >= 11 is 0. The zero-order valence-corrected chi connectivity index (χ0v) is 15.4. The third-order valence-electron chi connectivity index (χ3n) is 4.10. The Kier molecular flexibility index (Phi) is 6.71. The molecule has 0 fully saturated rings. The van der Waals surface area contributed by atoms with Gasteiger partial charge < -0.3 is 14.6 Å². The molecule has 0 saturated carbocycles. The van der Waals surface area contributed by atoms with Crippen LogP contribution in [0.5, 0.6) is 0 Å². The summed E-state index contributed by atoms with van der Waals surface area (Å²) in [5.74, 6) is 1.01. The maximum absolute atomic E-state index is 12.1. The Balaban J connectivity index is 1.46. The zero-order chi connectivity index (χ0) is 18.9. The van der Waals surface area contributed by atoms with Crippen molar-refractivity contribution in [1.82, 2.24) is 15.5 Å². The van der Waals surface area contributed by atoms with Gasteiger partial charge in [-0.3, -0.25) is 4.79 Å². The molecule has 1 amide bonds. The number of nitrogens with one attached hydrogen (secondary N) is 1. The van der Waals surface area contributed by atoms with E-state index in [4.69, 9.17) is 9.26 Å². The number of carbonyl (C=O) groups excluding carboxylic acids is 1. The third-order valence-corrected chi connectivity index (χ3v) is 4.10. The highest BCUT2D eigenvalue weighted by atomic mass is 16.5. The summed E-state index contributed by atoms with van der Waals surface area (Å²) < 4.78 is 10.8. The van der Waals surface area contributed by atoms with Gasteiger partial charge in [0.2, 0.25) is 11.8 Å². The molecular formula is C21H23N3O3. The van der Waals surface area contributed by atoms with Crippen LogP contribution in [0, 0.1) is 6.92 Å². The fourth-order valence-corrected chi connectivity index (χ4v) is 2.67. The van der Waals surface area contributed by atoms with E-state index in [0.717, 1.165) is 16.7 Å². The van der Waals surface area contributed by atoms with E-state index in [1.807, 2.05) is 54.6 Å². The van der Waals surface area contributed by atoms with Crippen LogP contribution in [0.3, 0.4) is 0 Å². The van der Waals surface area contributed by atoms with E-state index in [2.05, 4.69) is 15.5 Å². The molecule has 3 rings (SSSR count). The number of rotatable bonds is 9. The first-order valence-corrected chi connectivity index (χ1v) is 8.95. The fraction of sp³-hybridized carbons (Fsp3) is 0.286. The molecule has 0 aliphatic rings. The number of nitrogens with zero attached hydrogens (tertiary/aromatic N) is 2. The lowest BCUT2D eigenvalue weighted by Crippen LogP contribution is -2.23. The minimum atomic E-state index is -0.0501. The van der Waals surface area contributed by atoms with Crippen LogP contribution in [0.4, 0.5) is 0 Å². The Morgan fingerprint density at radius 1 is 1.04 bits per heavy atom. The number of carbonyl (C=O) groups is 1. The number of aryl methyl sites for hydroxylation is 2. The molecule has 1 N–H and O–H groups in total.